The molecule has 0 unspecified atom stereocenters. The molecule has 1 saturated heterocycles. The normalized spacial score (nSPS) is 16.7. The molecule has 0 N–H and O–H groups in total. The van der Waals surface area contributed by atoms with Crippen LogP contribution in [0, 0.1) is 5.82 Å². The number of aromatic nitrogens is 2. The Morgan fingerprint density at radius 2 is 1.70 bits per heavy atom. The highest BCUT2D eigenvalue weighted by Gasteiger charge is 2.64. The maximum atomic E-state index is 14.3. The smallest absolute Gasteiger partial charge is 0.415 e. The van der Waals surface area contributed by atoms with Crippen molar-refractivity contribution in [3.05, 3.63) is 64.8 Å². The number of carbonyl (C=O) groups is 2. The van der Waals surface area contributed by atoms with E-state index in [1.165, 1.54) is 23.1 Å². The van der Waals surface area contributed by atoms with Crippen LogP contribution in [-0.4, -0.2) is 52.1 Å². The number of anilines is 1. The lowest BCUT2D eigenvalue weighted by Crippen LogP contribution is -2.53. The molecular weight excluding hydrogens is 556 g/mol. The summed E-state index contributed by atoms with van der Waals surface area (Å²) in [5, 5.41) is 6.83. The van der Waals surface area contributed by atoms with E-state index in [-0.39, 0.29) is 36.4 Å². The van der Waals surface area contributed by atoms with Crippen molar-refractivity contribution >= 4 is 17.5 Å². The third-order valence-corrected chi connectivity index (χ3v) is 6.92. The molecule has 0 saturated carbocycles. The highest BCUT2D eigenvalue weighted by Crippen LogP contribution is 2.41. The number of amides is 2. The predicted molar refractivity (Wildman–Crippen MR) is 121 cm³/mol. The molecule has 3 heterocycles. The number of benzene rings is 2. The van der Waals surface area contributed by atoms with Gasteiger partial charge in [-0.25, -0.2) is 4.39 Å². The molecule has 212 valence electrons. The summed E-state index contributed by atoms with van der Waals surface area (Å²) in [5.74, 6) is -10.7. The second kappa shape index (κ2) is 9.86. The van der Waals surface area contributed by atoms with Gasteiger partial charge in [0.1, 0.15) is 5.82 Å². The SMILES string of the molecule is O=C1c2cc(-c3nnc(C(F)F)o3)ccc2CN1c1ccc(F)cc1C1CCN(C(=O)C(F)(F)C(F)(F)F)CC1. The Kier molecular flexibility index (Phi) is 6.78. The second-order valence-corrected chi connectivity index (χ2v) is 9.35. The molecule has 0 spiro atoms. The topological polar surface area (TPSA) is 79.5 Å². The third-order valence-electron chi connectivity index (χ3n) is 6.92. The van der Waals surface area contributed by atoms with Gasteiger partial charge in [-0.1, -0.05) is 6.07 Å². The van der Waals surface area contributed by atoms with Gasteiger partial charge in [-0.05, 0) is 60.2 Å². The highest BCUT2D eigenvalue weighted by atomic mass is 19.4. The first kappa shape index (κ1) is 27.5. The van der Waals surface area contributed by atoms with Crippen LogP contribution >= 0.6 is 0 Å². The van der Waals surface area contributed by atoms with Gasteiger partial charge in [0.15, 0.2) is 0 Å². The zero-order valence-corrected chi connectivity index (χ0v) is 20.2. The van der Waals surface area contributed by atoms with E-state index in [9.17, 15) is 44.7 Å². The maximum Gasteiger partial charge on any atom is 0.463 e. The molecule has 2 aliphatic heterocycles. The van der Waals surface area contributed by atoms with E-state index >= 15 is 0 Å². The standard InChI is InChI=1S/C25H18F8N4O3/c26-15-3-4-18(16(10-15)12-5-7-36(8-6-12)23(39)24(29,30)25(31,32)33)37-11-14-2-1-13(9-17(14)22(37)38)20-34-35-21(40-20)19(27)28/h1-4,9-10,12,19H,5-8,11H2. The van der Waals surface area contributed by atoms with Gasteiger partial charge in [0, 0.05) is 29.9 Å². The maximum absolute atomic E-state index is 14.3. The quantitative estimate of drug-likeness (QED) is 0.356. The van der Waals surface area contributed by atoms with Crippen molar-refractivity contribution in [2.75, 3.05) is 18.0 Å². The molecule has 1 fully saturated rings. The minimum absolute atomic E-state index is 0.0428. The molecule has 2 aliphatic rings. The number of fused-ring (bicyclic) bond motifs is 1. The Hall–Kier alpha value is -4.04. The molecule has 0 atom stereocenters. The molecular formula is C25H18F8N4O3. The average molecular weight is 574 g/mol. The van der Waals surface area contributed by atoms with E-state index in [2.05, 4.69) is 10.2 Å². The number of hydrogen-bond acceptors (Lipinski definition) is 5. The lowest BCUT2D eigenvalue weighted by molar-refractivity contribution is -0.274. The lowest BCUT2D eigenvalue weighted by atomic mass is 9.87. The van der Waals surface area contributed by atoms with E-state index in [1.54, 1.807) is 6.07 Å². The van der Waals surface area contributed by atoms with E-state index in [0.29, 0.717) is 21.7 Å². The van der Waals surface area contributed by atoms with Crippen LogP contribution in [0.5, 0.6) is 0 Å². The Balaban J connectivity index is 1.37. The minimum atomic E-state index is -6.03. The first-order valence-corrected chi connectivity index (χ1v) is 11.9. The molecule has 2 amide bonds. The minimum Gasteiger partial charge on any atom is -0.415 e. The fraction of sp³-hybridized carbons (Fsp3) is 0.360. The summed E-state index contributed by atoms with van der Waals surface area (Å²) in [4.78, 5) is 27.0. The molecule has 5 rings (SSSR count). The van der Waals surface area contributed by atoms with E-state index < -0.39 is 61.1 Å². The summed E-state index contributed by atoms with van der Waals surface area (Å²) >= 11 is 0. The van der Waals surface area contributed by atoms with E-state index in [1.807, 2.05) is 0 Å². The van der Waals surface area contributed by atoms with Crippen molar-refractivity contribution in [2.45, 2.75) is 43.8 Å². The molecule has 0 radical (unpaired) electrons. The zero-order chi connectivity index (χ0) is 29.0. The lowest BCUT2D eigenvalue weighted by Gasteiger charge is -2.35. The summed E-state index contributed by atoms with van der Waals surface area (Å²) in [6.45, 7) is -0.783. The van der Waals surface area contributed by atoms with Crippen LogP contribution in [-0.2, 0) is 11.3 Å². The monoisotopic (exact) mass is 574 g/mol. The number of alkyl halides is 7. The molecule has 0 aliphatic carbocycles. The summed E-state index contributed by atoms with van der Waals surface area (Å²) in [6, 6.07) is 8.11. The Morgan fingerprint density at radius 3 is 2.33 bits per heavy atom. The van der Waals surface area contributed by atoms with Crippen LogP contribution in [0.25, 0.3) is 11.5 Å². The van der Waals surface area contributed by atoms with E-state index in [4.69, 9.17) is 4.42 Å². The zero-order valence-electron chi connectivity index (χ0n) is 20.2. The molecule has 1 aromatic heterocycles. The summed E-state index contributed by atoms with van der Waals surface area (Å²) in [6.07, 6.45) is -9.09. The van der Waals surface area contributed by atoms with Crippen molar-refractivity contribution in [2.24, 2.45) is 0 Å². The van der Waals surface area contributed by atoms with Crippen LogP contribution in [0.15, 0.2) is 40.8 Å². The fourth-order valence-electron chi connectivity index (χ4n) is 4.88. The Labute approximate surface area is 220 Å². The number of hydrogen-bond donors (Lipinski definition) is 0. The molecule has 15 heteroatoms. The Morgan fingerprint density at radius 1 is 1.00 bits per heavy atom. The van der Waals surface area contributed by atoms with E-state index in [0.717, 1.165) is 12.1 Å². The van der Waals surface area contributed by atoms with Crippen LogP contribution in [0.2, 0.25) is 0 Å². The first-order chi connectivity index (χ1) is 18.8. The van der Waals surface area contributed by atoms with Crippen LogP contribution < -0.4 is 4.90 Å². The number of nitrogens with zero attached hydrogens (tertiary/aromatic N) is 4. The second-order valence-electron chi connectivity index (χ2n) is 9.35. The first-order valence-electron chi connectivity index (χ1n) is 11.9. The van der Waals surface area contributed by atoms with Gasteiger partial charge in [0.25, 0.3) is 11.8 Å². The van der Waals surface area contributed by atoms with Crippen molar-refractivity contribution in [3.8, 4) is 11.5 Å². The van der Waals surface area contributed by atoms with Gasteiger partial charge in [0.2, 0.25) is 5.89 Å². The van der Waals surface area contributed by atoms with Crippen LogP contribution in [0.4, 0.5) is 40.8 Å². The molecule has 0 bridgehead atoms. The van der Waals surface area contributed by atoms with Gasteiger partial charge in [-0.15, -0.1) is 10.2 Å². The van der Waals surface area contributed by atoms with Gasteiger partial charge < -0.3 is 14.2 Å². The molecule has 3 aromatic rings. The molecule has 2 aromatic carbocycles. The van der Waals surface area contributed by atoms with Crippen molar-refractivity contribution in [1.82, 2.24) is 15.1 Å². The van der Waals surface area contributed by atoms with Crippen LogP contribution in [0.1, 0.15) is 52.6 Å². The Bertz CT molecular complexity index is 1460. The number of rotatable bonds is 5. The van der Waals surface area contributed by atoms with Crippen molar-refractivity contribution in [3.63, 3.8) is 0 Å². The summed E-state index contributed by atoms with van der Waals surface area (Å²) in [7, 11) is 0. The van der Waals surface area contributed by atoms with Crippen molar-refractivity contribution in [1.29, 1.82) is 0 Å². The third kappa shape index (κ3) is 4.77. The van der Waals surface area contributed by atoms with Crippen LogP contribution in [0.3, 0.4) is 0 Å². The summed E-state index contributed by atoms with van der Waals surface area (Å²) < 4.78 is 110. The fourth-order valence-corrected chi connectivity index (χ4v) is 4.88. The van der Waals surface area contributed by atoms with Gasteiger partial charge >= 0.3 is 24.4 Å². The van der Waals surface area contributed by atoms with Crippen molar-refractivity contribution < 1.29 is 49.1 Å². The highest BCUT2D eigenvalue weighted by molar-refractivity contribution is 6.11. The predicted octanol–water partition coefficient (Wildman–Crippen LogP) is 5.88. The number of likely N-dealkylation sites (tertiary alicyclic amines) is 1. The number of halogens is 8. The number of piperidine rings is 1. The van der Waals surface area contributed by atoms with Gasteiger partial charge in [-0.3, -0.25) is 9.59 Å². The average Bonchev–Trinajstić information content (AvgIpc) is 3.53. The molecule has 40 heavy (non-hydrogen) atoms. The van der Waals surface area contributed by atoms with Gasteiger partial charge in [-0.2, -0.15) is 30.7 Å². The number of carbonyl (C=O) groups excluding carboxylic acids is 2. The largest absolute Gasteiger partial charge is 0.463 e. The molecule has 7 nitrogen and oxygen atoms in total. The summed E-state index contributed by atoms with van der Waals surface area (Å²) in [5.41, 5.74) is 1.62. The van der Waals surface area contributed by atoms with Gasteiger partial charge in [0.05, 0.1) is 6.54 Å².